The summed E-state index contributed by atoms with van der Waals surface area (Å²) in [5.41, 5.74) is -1.59. The second-order valence-corrected chi connectivity index (χ2v) is 13.6. The molecule has 6 heteroatoms. The van der Waals surface area contributed by atoms with Gasteiger partial charge in [0.05, 0.1) is 11.7 Å². The van der Waals surface area contributed by atoms with Gasteiger partial charge in [0.1, 0.15) is 11.4 Å². The molecule has 1 heterocycles. The van der Waals surface area contributed by atoms with Gasteiger partial charge in [-0.15, -0.1) is 0 Å². The van der Waals surface area contributed by atoms with Crippen molar-refractivity contribution in [1.82, 2.24) is 0 Å². The molecule has 4 aliphatic rings. The number of aliphatic hydroxyl groups is 2. The average Bonchev–Trinajstić information content (AvgIpc) is 2.85. The number of hydrogen-bond donors (Lipinski definition) is 2. The lowest BCUT2D eigenvalue weighted by molar-refractivity contribution is -0.195. The van der Waals surface area contributed by atoms with Crippen molar-refractivity contribution < 1.29 is 29.3 Å². The Hall–Kier alpha value is -1.79. The molecule has 6 nitrogen and oxygen atoms in total. The second-order valence-electron chi connectivity index (χ2n) is 13.6. The highest BCUT2D eigenvalue weighted by Gasteiger charge is 2.58. The Balaban J connectivity index is 1.70. The van der Waals surface area contributed by atoms with Crippen LogP contribution < -0.4 is 0 Å². The quantitative estimate of drug-likeness (QED) is 0.526. The molecule has 200 valence electrons. The van der Waals surface area contributed by atoms with Crippen molar-refractivity contribution in [2.75, 3.05) is 0 Å². The predicted molar refractivity (Wildman–Crippen MR) is 137 cm³/mol. The number of fused-ring (bicyclic) bond motifs is 2. The fraction of sp³-hybridized carbons (Fsp3) is 0.767. The molecule has 0 amide bonds. The van der Waals surface area contributed by atoms with E-state index < -0.39 is 27.8 Å². The topological polar surface area (TPSA) is 101 Å². The van der Waals surface area contributed by atoms with E-state index in [0.717, 1.165) is 5.57 Å². The Labute approximate surface area is 215 Å². The molecule has 3 aliphatic carbocycles. The van der Waals surface area contributed by atoms with Gasteiger partial charge in [-0.3, -0.25) is 14.4 Å². The molecule has 0 unspecified atom stereocenters. The average molecular weight is 501 g/mol. The van der Waals surface area contributed by atoms with Gasteiger partial charge in [0.15, 0.2) is 11.5 Å². The zero-order valence-corrected chi connectivity index (χ0v) is 23.3. The predicted octanol–water partition coefficient (Wildman–Crippen LogP) is 5.57. The molecule has 1 saturated heterocycles. The van der Waals surface area contributed by atoms with Crippen LogP contribution in [0.5, 0.6) is 0 Å². The van der Waals surface area contributed by atoms with E-state index in [4.69, 9.17) is 4.74 Å². The number of allylic oxidation sites excluding steroid dienone is 3. The molecule has 0 aromatic rings. The first kappa shape index (κ1) is 27.3. The maximum absolute atomic E-state index is 13.2. The fourth-order valence-electron chi connectivity index (χ4n) is 8.22. The summed E-state index contributed by atoms with van der Waals surface area (Å²) in [5, 5.41) is 22.5. The summed E-state index contributed by atoms with van der Waals surface area (Å²) in [4.78, 5) is 38.8. The molecule has 0 aromatic carbocycles. The van der Waals surface area contributed by atoms with Crippen molar-refractivity contribution in [2.24, 2.45) is 22.2 Å². The van der Waals surface area contributed by atoms with Gasteiger partial charge in [-0.1, -0.05) is 19.4 Å². The van der Waals surface area contributed by atoms with Gasteiger partial charge in [0.2, 0.25) is 5.78 Å². The van der Waals surface area contributed by atoms with Crippen molar-refractivity contribution in [3.05, 3.63) is 22.5 Å². The first-order valence-corrected chi connectivity index (χ1v) is 13.6. The van der Waals surface area contributed by atoms with E-state index >= 15 is 0 Å². The van der Waals surface area contributed by atoms with Gasteiger partial charge in [-0.25, -0.2) is 0 Å². The lowest BCUT2D eigenvalue weighted by atomic mass is 9.52. The summed E-state index contributed by atoms with van der Waals surface area (Å²) in [7, 11) is 0. The van der Waals surface area contributed by atoms with Crippen LogP contribution in [0.25, 0.3) is 0 Å². The Kier molecular flexibility index (Phi) is 6.33. The molecule has 2 saturated carbocycles. The first-order chi connectivity index (χ1) is 16.4. The zero-order valence-electron chi connectivity index (χ0n) is 23.3. The minimum Gasteiger partial charge on any atom is -0.504 e. The number of aliphatic hydroxyl groups excluding tert-OH is 1. The van der Waals surface area contributed by atoms with Gasteiger partial charge in [0.25, 0.3) is 0 Å². The normalized spacial score (nSPS) is 40.6. The van der Waals surface area contributed by atoms with Crippen molar-refractivity contribution in [3.8, 4) is 0 Å². The van der Waals surface area contributed by atoms with Crippen LogP contribution in [-0.2, 0) is 19.1 Å². The van der Waals surface area contributed by atoms with Gasteiger partial charge < -0.3 is 14.9 Å². The highest BCUT2D eigenvalue weighted by Crippen LogP contribution is 2.60. The van der Waals surface area contributed by atoms with Crippen LogP contribution in [0.4, 0.5) is 0 Å². The van der Waals surface area contributed by atoms with Crippen molar-refractivity contribution in [1.29, 1.82) is 0 Å². The molecular formula is C30H44O6. The minimum absolute atomic E-state index is 0.0432. The standard InChI is InChI=1S/C30H44O6/c1-17-18(28(6)14-11-20(31)26(2,3)25(28)24(34)23(17)33)9-10-19-29(7)15-12-21(32)27(4,5)36-22(29)13-16-30(19,8)35/h19,22,34-35H,9-16H2,1-8H3/t19-,22-,28+,29-,30-/m0/s1. The monoisotopic (exact) mass is 500 g/mol. The largest absolute Gasteiger partial charge is 0.504 e. The van der Waals surface area contributed by atoms with Gasteiger partial charge in [-0.2, -0.15) is 0 Å². The molecule has 0 radical (unpaired) electrons. The summed E-state index contributed by atoms with van der Waals surface area (Å²) in [5.74, 6) is -0.663. The lowest BCUT2D eigenvalue weighted by Crippen LogP contribution is -2.56. The zero-order chi connectivity index (χ0) is 27.1. The van der Waals surface area contributed by atoms with Gasteiger partial charge >= 0.3 is 0 Å². The van der Waals surface area contributed by atoms with Crippen LogP contribution in [0, 0.1) is 22.2 Å². The van der Waals surface area contributed by atoms with E-state index in [1.807, 2.05) is 34.6 Å². The molecule has 1 aliphatic heterocycles. The van der Waals surface area contributed by atoms with Crippen LogP contribution in [0.1, 0.15) is 107 Å². The van der Waals surface area contributed by atoms with Crippen LogP contribution in [0.2, 0.25) is 0 Å². The van der Waals surface area contributed by atoms with Gasteiger partial charge in [-0.05, 0) is 97.0 Å². The Bertz CT molecular complexity index is 1070. The third-order valence-electron chi connectivity index (χ3n) is 10.5. The van der Waals surface area contributed by atoms with Crippen LogP contribution in [-0.4, -0.2) is 44.9 Å². The number of ketones is 3. The first-order valence-electron chi connectivity index (χ1n) is 13.6. The maximum Gasteiger partial charge on any atom is 0.223 e. The van der Waals surface area contributed by atoms with E-state index in [1.54, 1.807) is 6.92 Å². The molecule has 2 N–H and O–H groups in total. The fourth-order valence-corrected chi connectivity index (χ4v) is 8.22. The smallest absolute Gasteiger partial charge is 0.223 e. The molecule has 0 bridgehead atoms. The van der Waals surface area contributed by atoms with E-state index in [-0.39, 0.29) is 34.8 Å². The summed E-state index contributed by atoms with van der Waals surface area (Å²) >= 11 is 0. The van der Waals surface area contributed by atoms with E-state index in [0.29, 0.717) is 62.5 Å². The molecule has 36 heavy (non-hydrogen) atoms. The van der Waals surface area contributed by atoms with E-state index in [2.05, 4.69) is 13.8 Å². The molecular weight excluding hydrogens is 456 g/mol. The Morgan fingerprint density at radius 3 is 2.17 bits per heavy atom. The minimum atomic E-state index is -0.928. The molecule has 0 aromatic heterocycles. The summed E-state index contributed by atoms with van der Waals surface area (Å²) < 4.78 is 6.43. The van der Waals surface area contributed by atoms with Crippen LogP contribution >= 0.6 is 0 Å². The maximum atomic E-state index is 13.2. The summed E-state index contributed by atoms with van der Waals surface area (Å²) in [6, 6.07) is 0. The number of hydrogen-bond acceptors (Lipinski definition) is 6. The molecule has 3 fully saturated rings. The van der Waals surface area contributed by atoms with Crippen molar-refractivity contribution in [3.63, 3.8) is 0 Å². The van der Waals surface area contributed by atoms with Crippen LogP contribution in [0.3, 0.4) is 0 Å². The van der Waals surface area contributed by atoms with Crippen LogP contribution in [0.15, 0.2) is 22.5 Å². The summed E-state index contributed by atoms with van der Waals surface area (Å²) in [6.45, 7) is 15.2. The Morgan fingerprint density at radius 2 is 1.53 bits per heavy atom. The highest BCUT2D eigenvalue weighted by atomic mass is 16.5. The number of ether oxygens (including phenoxy) is 1. The lowest BCUT2D eigenvalue weighted by Gasteiger charge is -2.54. The third-order valence-corrected chi connectivity index (χ3v) is 10.5. The SMILES string of the molecule is CC1=C(CC[C@H]2[C@]3(C)CCC(=O)C(C)(C)O[C@H]3CC[C@]2(C)O)[C@@]2(C)CCC(=O)C(C)(C)C2=C(O)C1=O. The number of carbonyl (C=O) groups excluding carboxylic acids is 3. The summed E-state index contributed by atoms with van der Waals surface area (Å²) in [6.07, 6.45) is 4.40. The molecule has 5 atom stereocenters. The number of rotatable bonds is 3. The molecule has 0 spiro atoms. The highest BCUT2D eigenvalue weighted by molar-refractivity contribution is 6.10. The van der Waals surface area contributed by atoms with Crippen molar-refractivity contribution in [2.45, 2.75) is 124 Å². The Morgan fingerprint density at radius 1 is 0.917 bits per heavy atom. The third kappa shape index (κ3) is 3.86. The van der Waals surface area contributed by atoms with E-state index in [9.17, 15) is 24.6 Å². The number of Topliss-reactive ketones (excluding diaryl/α,β-unsaturated/α-hetero) is 3. The molecule has 4 rings (SSSR count). The van der Waals surface area contributed by atoms with Crippen molar-refractivity contribution >= 4 is 17.3 Å². The van der Waals surface area contributed by atoms with Gasteiger partial charge in [0, 0.05) is 29.2 Å². The van der Waals surface area contributed by atoms with E-state index in [1.165, 1.54) is 0 Å². The number of carbonyl (C=O) groups is 3. The second kappa shape index (κ2) is 8.36.